The van der Waals surface area contributed by atoms with E-state index in [0.717, 1.165) is 0 Å². The molecule has 0 fully saturated rings. The Hall–Kier alpha value is -2.65. The number of aromatic nitrogens is 3. The maximum absolute atomic E-state index is 11.3. The minimum atomic E-state index is -1.17. The summed E-state index contributed by atoms with van der Waals surface area (Å²) in [5.74, 6) is -1.82. The molecule has 10 heteroatoms. The van der Waals surface area contributed by atoms with Crippen LogP contribution in [0.25, 0.3) is 0 Å². The van der Waals surface area contributed by atoms with Crippen molar-refractivity contribution < 1.29 is 19.5 Å². The lowest BCUT2D eigenvalue weighted by Crippen LogP contribution is -2.47. The second-order valence-corrected chi connectivity index (χ2v) is 3.70. The van der Waals surface area contributed by atoms with Crippen LogP contribution in [0.15, 0.2) is 6.20 Å². The van der Waals surface area contributed by atoms with E-state index in [0.29, 0.717) is 0 Å². The van der Waals surface area contributed by atoms with E-state index in [-0.39, 0.29) is 18.8 Å². The number of hydrogen-bond donors (Lipinski definition) is 4. The van der Waals surface area contributed by atoms with Gasteiger partial charge in [-0.1, -0.05) is 5.21 Å². The van der Waals surface area contributed by atoms with Gasteiger partial charge in [-0.05, 0) is 6.92 Å². The van der Waals surface area contributed by atoms with Crippen molar-refractivity contribution in [1.82, 2.24) is 25.6 Å². The molecule has 1 atom stereocenters. The zero-order valence-corrected chi connectivity index (χ0v) is 10.2. The van der Waals surface area contributed by atoms with Crippen LogP contribution in [0.2, 0.25) is 0 Å². The highest BCUT2D eigenvalue weighted by Gasteiger charge is 2.11. The summed E-state index contributed by atoms with van der Waals surface area (Å²) in [5.41, 5.74) is 4.80. The molecule has 0 saturated heterocycles. The second kappa shape index (κ2) is 6.33. The van der Waals surface area contributed by atoms with Crippen LogP contribution in [-0.4, -0.2) is 50.6 Å². The van der Waals surface area contributed by atoms with Crippen molar-refractivity contribution in [1.29, 1.82) is 0 Å². The minimum absolute atomic E-state index is 0.174. The first-order chi connectivity index (χ1) is 8.90. The Balaban J connectivity index is 2.31. The fourth-order valence-corrected chi connectivity index (χ4v) is 1.11. The predicted molar refractivity (Wildman–Crippen MR) is 62.2 cm³/mol. The fourth-order valence-electron chi connectivity index (χ4n) is 1.11. The van der Waals surface area contributed by atoms with Crippen molar-refractivity contribution in [2.45, 2.75) is 19.5 Å². The highest BCUT2D eigenvalue weighted by molar-refractivity contribution is 5.85. The van der Waals surface area contributed by atoms with E-state index in [1.54, 1.807) is 0 Å². The summed E-state index contributed by atoms with van der Waals surface area (Å²) >= 11 is 0. The van der Waals surface area contributed by atoms with E-state index in [2.05, 4.69) is 20.9 Å². The van der Waals surface area contributed by atoms with Gasteiger partial charge < -0.3 is 21.5 Å². The molecule has 10 nitrogen and oxygen atoms in total. The third kappa shape index (κ3) is 4.61. The summed E-state index contributed by atoms with van der Waals surface area (Å²) < 4.78 is 1.28. The van der Waals surface area contributed by atoms with Gasteiger partial charge in [0.1, 0.15) is 6.04 Å². The van der Waals surface area contributed by atoms with Crippen LogP contribution in [-0.2, 0) is 11.3 Å². The van der Waals surface area contributed by atoms with Crippen LogP contribution >= 0.6 is 0 Å². The Labute approximate surface area is 107 Å². The number of carbonyl (C=O) groups excluding carboxylic acids is 2. The fraction of sp³-hybridized carbons (Fsp3) is 0.444. The monoisotopic (exact) mass is 270 g/mol. The Kier molecular flexibility index (Phi) is 4.80. The molecular weight excluding hydrogens is 256 g/mol. The molecule has 3 amide bonds. The smallest absolute Gasteiger partial charge is 0.358 e. The molecular formula is C9H14N6O4. The quantitative estimate of drug-likeness (QED) is 0.476. The van der Waals surface area contributed by atoms with Crippen LogP contribution in [0, 0.1) is 0 Å². The van der Waals surface area contributed by atoms with Gasteiger partial charge in [-0.15, -0.1) is 5.10 Å². The summed E-state index contributed by atoms with van der Waals surface area (Å²) in [5, 5.41) is 20.4. The molecule has 1 unspecified atom stereocenters. The number of hydrogen-bond acceptors (Lipinski definition) is 5. The minimum Gasteiger partial charge on any atom is -0.476 e. The van der Waals surface area contributed by atoms with E-state index in [4.69, 9.17) is 10.8 Å². The summed E-state index contributed by atoms with van der Waals surface area (Å²) in [4.78, 5) is 32.5. The van der Waals surface area contributed by atoms with Gasteiger partial charge in [-0.2, -0.15) is 0 Å². The normalized spacial score (nSPS) is 11.6. The third-order valence-electron chi connectivity index (χ3n) is 2.16. The summed E-state index contributed by atoms with van der Waals surface area (Å²) in [6.45, 7) is 1.90. The van der Waals surface area contributed by atoms with Crippen LogP contribution in [0.5, 0.6) is 0 Å². The maximum atomic E-state index is 11.3. The highest BCUT2D eigenvalue weighted by atomic mass is 16.4. The Bertz CT molecular complexity index is 485. The number of nitrogens with zero attached hydrogens (tertiary/aromatic N) is 3. The number of nitrogens with two attached hydrogens (primary N) is 1. The highest BCUT2D eigenvalue weighted by Crippen LogP contribution is 1.91. The predicted octanol–water partition coefficient (Wildman–Crippen LogP) is -1.85. The number of aromatic carboxylic acids is 1. The average molecular weight is 270 g/mol. The van der Waals surface area contributed by atoms with Gasteiger partial charge in [0.2, 0.25) is 5.91 Å². The molecule has 1 heterocycles. The Morgan fingerprint density at radius 3 is 2.74 bits per heavy atom. The van der Waals surface area contributed by atoms with Gasteiger partial charge in [-0.3, -0.25) is 4.79 Å². The van der Waals surface area contributed by atoms with Gasteiger partial charge in [0.25, 0.3) is 0 Å². The number of urea groups is 1. The van der Waals surface area contributed by atoms with Crippen molar-refractivity contribution in [3.05, 3.63) is 11.9 Å². The first kappa shape index (κ1) is 14.4. The zero-order valence-electron chi connectivity index (χ0n) is 10.2. The number of carboxylic acid groups (broad SMARTS) is 1. The van der Waals surface area contributed by atoms with Crippen LogP contribution in [0.3, 0.4) is 0 Å². The van der Waals surface area contributed by atoms with Crippen molar-refractivity contribution >= 4 is 17.9 Å². The van der Waals surface area contributed by atoms with Crippen molar-refractivity contribution in [3.63, 3.8) is 0 Å². The lowest BCUT2D eigenvalue weighted by molar-refractivity contribution is -0.119. The second-order valence-electron chi connectivity index (χ2n) is 3.70. The summed E-state index contributed by atoms with van der Waals surface area (Å²) in [7, 11) is 0. The molecule has 0 aliphatic heterocycles. The number of carbonyl (C=O) groups is 3. The first-order valence-electron chi connectivity index (χ1n) is 5.37. The molecule has 1 aromatic rings. The average Bonchev–Trinajstić information content (AvgIpc) is 2.77. The SMILES string of the molecule is CC(NC(=O)NCCn1cc(C(=O)O)nn1)C(N)=O. The molecule has 0 aliphatic rings. The maximum Gasteiger partial charge on any atom is 0.358 e. The Morgan fingerprint density at radius 1 is 1.53 bits per heavy atom. The number of amides is 3. The molecule has 0 aromatic carbocycles. The third-order valence-corrected chi connectivity index (χ3v) is 2.16. The molecule has 1 aromatic heterocycles. The largest absolute Gasteiger partial charge is 0.476 e. The van der Waals surface area contributed by atoms with Gasteiger partial charge in [0.05, 0.1) is 12.7 Å². The molecule has 104 valence electrons. The summed E-state index contributed by atoms with van der Waals surface area (Å²) in [6, 6.07) is -1.32. The summed E-state index contributed by atoms with van der Waals surface area (Å²) in [6.07, 6.45) is 1.24. The number of primary amides is 1. The number of carboxylic acids is 1. The molecule has 1 rings (SSSR count). The van der Waals surface area contributed by atoms with E-state index < -0.39 is 23.9 Å². The lowest BCUT2D eigenvalue weighted by atomic mass is 10.3. The molecule has 0 spiro atoms. The van der Waals surface area contributed by atoms with Gasteiger partial charge in [-0.25, -0.2) is 14.3 Å². The molecule has 19 heavy (non-hydrogen) atoms. The molecule has 0 radical (unpaired) electrons. The molecule has 0 bridgehead atoms. The number of nitrogens with one attached hydrogen (secondary N) is 2. The molecule has 5 N–H and O–H groups in total. The van der Waals surface area contributed by atoms with Crippen LogP contribution in [0.1, 0.15) is 17.4 Å². The van der Waals surface area contributed by atoms with Gasteiger partial charge in [0, 0.05) is 6.54 Å². The molecule has 0 aliphatic carbocycles. The van der Waals surface area contributed by atoms with E-state index in [1.165, 1.54) is 17.8 Å². The Morgan fingerprint density at radius 2 is 2.21 bits per heavy atom. The zero-order chi connectivity index (χ0) is 14.4. The van der Waals surface area contributed by atoms with E-state index >= 15 is 0 Å². The van der Waals surface area contributed by atoms with E-state index in [1.807, 2.05) is 0 Å². The van der Waals surface area contributed by atoms with Crippen LogP contribution in [0.4, 0.5) is 4.79 Å². The number of rotatable bonds is 6. The van der Waals surface area contributed by atoms with Gasteiger partial charge >= 0.3 is 12.0 Å². The first-order valence-corrected chi connectivity index (χ1v) is 5.37. The topological polar surface area (TPSA) is 152 Å². The van der Waals surface area contributed by atoms with Crippen molar-refractivity contribution in [3.8, 4) is 0 Å². The standard InChI is InChI=1S/C9H14N6O4/c1-5(7(10)16)12-9(19)11-2-3-15-4-6(8(17)18)13-14-15/h4-5H,2-3H2,1H3,(H2,10,16)(H,17,18)(H2,11,12,19). The van der Waals surface area contributed by atoms with Crippen LogP contribution < -0.4 is 16.4 Å². The molecule has 0 saturated carbocycles. The lowest BCUT2D eigenvalue weighted by Gasteiger charge is -2.11. The van der Waals surface area contributed by atoms with E-state index in [9.17, 15) is 14.4 Å². The van der Waals surface area contributed by atoms with Crippen molar-refractivity contribution in [2.24, 2.45) is 5.73 Å². The van der Waals surface area contributed by atoms with Gasteiger partial charge in [0.15, 0.2) is 5.69 Å². The van der Waals surface area contributed by atoms with Crippen molar-refractivity contribution in [2.75, 3.05) is 6.54 Å².